The van der Waals surface area contributed by atoms with E-state index in [1.165, 1.54) is 5.56 Å². The van der Waals surface area contributed by atoms with E-state index in [1.807, 2.05) is 38.1 Å². The van der Waals surface area contributed by atoms with Crippen molar-refractivity contribution in [3.05, 3.63) is 85.8 Å². The Morgan fingerprint density at radius 3 is 2.36 bits per heavy atom. The summed E-state index contributed by atoms with van der Waals surface area (Å²) in [5.41, 5.74) is 5.46. The molecule has 0 spiro atoms. The summed E-state index contributed by atoms with van der Waals surface area (Å²) in [6.45, 7) is 7.68. The van der Waals surface area contributed by atoms with E-state index < -0.39 is 0 Å². The van der Waals surface area contributed by atoms with Crippen molar-refractivity contribution in [1.82, 2.24) is 9.55 Å². The average Bonchev–Trinajstić information content (AvgIpc) is 2.79. The minimum absolute atomic E-state index is 0.0517. The lowest BCUT2D eigenvalue weighted by Gasteiger charge is -2.21. The van der Waals surface area contributed by atoms with Gasteiger partial charge in [0.25, 0.3) is 5.56 Å². The molecule has 0 bridgehead atoms. The largest absolute Gasteiger partial charge is 0.381 e. The van der Waals surface area contributed by atoms with Gasteiger partial charge in [-0.15, -0.1) is 0 Å². The second kappa shape index (κ2) is 10.0. The van der Waals surface area contributed by atoms with Gasteiger partial charge in [-0.1, -0.05) is 41.4 Å². The van der Waals surface area contributed by atoms with Gasteiger partial charge < -0.3 is 4.74 Å². The van der Waals surface area contributed by atoms with Gasteiger partial charge in [0.05, 0.1) is 6.54 Å². The Balaban J connectivity index is 1.78. The zero-order valence-corrected chi connectivity index (χ0v) is 20.1. The SMILES string of the molecule is Cc1cc(C)c(-c2ncc(CC(=O)C3CCOCC3)c(=O)n2Cc2ccc(Cl)cc2)c(C)c1. The van der Waals surface area contributed by atoms with Gasteiger partial charge in [0.1, 0.15) is 11.6 Å². The lowest BCUT2D eigenvalue weighted by Crippen LogP contribution is -2.31. The van der Waals surface area contributed by atoms with E-state index in [0.29, 0.717) is 49.0 Å². The molecule has 1 aliphatic rings. The number of nitrogens with zero attached hydrogens (tertiary/aromatic N) is 2. The molecule has 1 saturated heterocycles. The Kier molecular flexibility index (Phi) is 7.11. The van der Waals surface area contributed by atoms with E-state index in [-0.39, 0.29) is 23.7 Å². The number of rotatable bonds is 6. The first kappa shape index (κ1) is 23.4. The summed E-state index contributed by atoms with van der Waals surface area (Å²) < 4.78 is 7.07. The smallest absolute Gasteiger partial charge is 0.257 e. The Bertz CT molecular complexity index is 1200. The summed E-state index contributed by atoms with van der Waals surface area (Å²) in [6.07, 6.45) is 3.12. The number of carbonyl (C=O) groups is 1. The Hall–Kier alpha value is -2.76. The van der Waals surface area contributed by atoms with Gasteiger partial charge in [-0.25, -0.2) is 4.98 Å². The van der Waals surface area contributed by atoms with Crippen molar-refractivity contribution in [3.8, 4) is 11.4 Å². The first-order valence-corrected chi connectivity index (χ1v) is 11.7. The highest BCUT2D eigenvalue weighted by Gasteiger charge is 2.24. The number of carbonyl (C=O) groups excluding carboxylic acids is 1. The van der Waals surface area contributed by atoms with Gasteiger partial charge >= 0.3 is 0 Å². The van der Waals surface area contributed by atoms with Gasteiger partial charge in [0.2, 0.25) is 0 Å². The molecule has 1 aliphatic heterocycles. The fraction of sp³-hybridized carbons (Fsp3) is 0.370. The second-order valence-corrected chi connectivity index (χ2v) is 9.36. The molecule has 0 unspecified atom stereocenters. The Morgan fingerprint density at radius 1 is 1.09 bits per heavy atom. The molecule has 172 valence electrons. The monoisotopic (exact) mass is 464 g/mol. The molecular formula is C27H29ClN2O3. The van der Waals surface area contributed by atoms with Crippen LogP contribution in [0.1, 0.15) is 40.7 Å². The topological polar surface area (TPSA) is 61.2 Å². The number of benzene rings is 2. The van der Waals surface area contributed by atoms with Crippen LogP contribution < -0.4 is 5.56 Å². The standard InChI is InChI=1S/C27H29ClN2O3/c1-17-12-18(2)25(19(3)13-17)26-29-15-22(14-24(31)21-8-10-33-11-9-21)27(32)30(26)16-20-4-6-23(28)7-5-20/h4-7,12-13,15,21H,8-11,14,16H2,1-3H3. The first-order valence-electron chi connectivity index (χ1n) is 11.4. The summed E-state index contributed by atoms with van der Waals surface area (Å²) in [7, 11) is 0. The fourth-order valence-corrected chi connectivity index (χ4v) is 4.78. The van der Waals surface area contributed by atoms with E-state index in [4.69, 9.17) is 21.3 Å². The van der Waals surface area contributed by atoms with Crippen LogP contribution in [0.25, 0.3) is 11.4 Å². The third kappa shape index (κ3) is 5.26. The molecule has 2 heterocycles. The van der Waals surface area contributed by atoms with E-state index in [2.05, 4.69) is 19.1 Å². The third-order valence-corrected chi connectivity index (χ3v) is 6.57. The molecule has 1 fully saturated rings. The van der Waals surface area contributed by atoms with Crippen molar-refractivity contribution in [2.24, 2.45) is 5.92 Å². The van der Waals surface area contributed by atoms with Crippen LogP contribution in [0, 0.1) is 26.7 Å². The van der Waals surface area contributed by atoms with E-state index in [1.54, 1.807) is 10.8 Å². The van der Waals surface area contributed by atoms with Crippen LogP contribution >= 0.6 is 11.6 Å². The summed E-state index contributed by atoms with van der Waals surface area (Å²) in [4.78, 5) is 31.3. The summed E-state index contributed by atoms with van der Waals surface area (Å²) in [6, 6.07) is 11.7. The molecule has 0 aliphatic carbocycles. The number of hydrogen-bond donors (Lipinski definition) is 0. The van der Waals surface area contributed by atoms with Crippen molar-refractivity contribution in [1.29, 1.82) is 0 Å². The van der Waals surface area contributed by atoms with Crippen LogP contribution in [0.15, 0.2) is 47.4 Å². The number of aromatic nitrogens is 2. The molecule has 33 heavy (non-hydrogen) atoms. The fourth-order valence-electron chi connectivity index (χ4n) is 4.66. The van der Waals surface area contributed by atoms with Gasteiger partial charge in [0.15, 0.2) is 0 Å². The Morgan fingerprint density at radius 2 is 1.73 bits per heavy atom. The average molecular weight is 465 g/mol. The van der Waals surface area contributed by atoms with Crippen LogP contribution in [0.5, 0.6) is 0 Å². The van der Waals surface area contributed by atoms with Crippen LogP contribution in [0.3, 0.4) is 0 Å². The molecule has 0 saturated carbocycles. The van der Waals surface area contributed by atoms with Gasteiger partial charge in [-0.3, -0.25) is 14.2 Å². The molecule has 1 aromatic heterocycles. The second-order valence-electron chi connectivity index (χ2n) is 8.93. The maximum absolute atomic E-state index is 13.7. The van der Waals surface area contributed by atoms with Gasteiger partial charge in [-0.05, 0) is 62.4 Å². The normalized spacial score (nSPS) is 14.4. The molecule has 2 aromatic carbocycles. The lowest BCUT2D eigenvalue weighted by molar-refractivity contribution is -0.125. The molecule has 5 nitrogen and oxygen atoms in total. The highest BCUT2D eigenvalue weighted by Crippen LogP contribution is 2.27. The number of ketones is 1. The van der Waals surface area contributed by atoms with Crippen molar-refractivity contribution in [2.75, 3.05) is 13.2 Å². The Labute approximate surface area is 199 Å². The van der Waals surface area contributed by atoms with E-state index in [9.17, 15) is 9.59 Å². The zero-order chi connectivity index (χ0) is 23.5. The maximum Gasteiger partial charge on any atom is 0.257 e. The molecule has 6 heteroatoms. The minimum atomic E-state index is -0.172. The molecule has 0 amide bonds. The van der Waals surface area contributed by atoms with E-state index in [0.717, 1.165) is 22.3 Å². The highest BCUT2D eigenvalue weighted by atomic mass is 35.5. The molecule has 0 atom stereocenters. The summed E-state index contributed by atoms with van der Waals surface area (Å²) in [5, 5.41) is 0.644. The number of Topliss-reactive ketones (excluding diaryl/α,β-unsaturated/α-hetero) is 1. The number of aryl methyl sites for hydroxylation is 3. The minimum Gasteiger partial charge on any atom is -0.381 e. The van der Waals surface area contributed by atoms with Crippen LogP contribution in [0.2, 0.25) is 5.02 Å². The van der Waals surface area contributed by atoms with Crippen LogP contribution in [-0.2, 0) is 22.5 Å². The molecular weight excluding hydrogens is 436 g/mol. The van der Waals surface area contributed by atoms with E-state index >= 15 is 0 Å². The van der Waals surface area contributed by atoms with Crippen LogP contribution in [-0.4, -0.2) is 28.5 Å². The number of hydrogen-bond acceptors (Lipinski definition) is 4. The molecule has 0 radical (unpaired) electrons. The predicted octanol–water partition coefficient (Wildman–Crippen LogP) is 5.08. The maximum atomic E-state index is 13.7. The summed E-state index contributed by atoms with van der Waals surface area (Å²) in [5.74, 6) is 0.655. The van der Waals surface area contributed by atoms with Crippen molar-refractivity contribution in [2.45, 2.75) is 46.6 Å². The van der Waals surface area contributed by atoms with Crippen molar-refractivity contribution in [3.63, 3.8) is 0 Å². The third-order valence-electron chi connectivity index (χ3n) is 6.31. The van der Waals surface area contributed by atoms with Crippen molar-refractivity contribution >= 4 is 17.4 Å². The lowest BCUT2D eigenvalue weighted by atomic mass is 9.92. The van der Waals surface area contributed by atoms with Crippen LogP contribution in [0.4, 0.5) is 0 Å². The number of halogens is 1. The first-order chi connectivity index (χ1) is 15.8. The van der Waals surface area contributed by atoms with Crippen molar-refractivity contribution < 1.29 is 9.53 Å². The molecule has 3 aromatic rings. The van der Waals surface area contributed by atoms with Gasteiger partial charge in [0, 0.05) is 47.9 Å². The number of ether oxygens (including phenoxy) is 1. The molecule has 4 rings (SSSR count). The summed E-state index contributed by atoms with van der Waals surface area (Å²) >= 11 is 6.06. The zero-order valence-electron chi connectivity index (χ0n) is 19.4. The molecule has 0 N–H and O–H groups in total. The van der Waals surface area contributed by atoms with Gasteiger partial charge in [-0.2, -0.15) is 0 Å². The predicted molar refractivity (Wildman–Crippen MR) is 131 cm³/mol. The quantitative estimate of drug-likeness (QED) is 0.510. The highest BCUT2D eigenvalue weighted by molar-refractivity contribution is 6.30.